The first-order valence-corrected chi connectivity index (χ1v) is 14.5. The van der Waals surface area contributed by atoms with Crippen LogP contribution in [0.3, 0.4) is 0 Å². The number of fused-ring (bicyclic) bond motifs is 1. The molecule has 1 amide bonds. The molecular weight excluding hydrogens is 436 g/mol. The first kappa shape index (κ1) is 22.8. The fourth-order valence-electron chi connectivity index (χ4n) is 5.72. The average Bonchev–Trinajstić information content (AvgIpc) is 3.11. The van der Waals surface area contributed by atoms with E-state index in [-0.39, 0.29) is 28.5 Å². The highest BCUT2D eigenvalue weighted by Gasteiger charge is 2.72. The molecule has 2 bridgehead atoms. The van der Waals surface area contributed by atoms with Gasteiger partial charge in [-0.25, -0.2) is 12.7 Å². The van der Waals surface area contributed by atoms with Gasteiger partial charge in [0.25, 0.3) is 5.91 Å². The van der Waals surface area contributed by atoms with Crippen LogP contribution < -0.4 is 0 Å². The maximum absolute atomic E-state index is 13.5. The van der Waals surface area contributed by atoms with E-state index in [4.69, 9.17) is 11.6 Å². The lowest BCUT2D eigenvalue weighted by molar-refractivity contribution is -0.130. The van der Waals surface area contributed by atoms with Crippen molar-refractivity contribution in [2.24, 2.45) is 21.7 Å². The number of unbranched alkanes of at least 4 members (excludes halogenated alkanes) is 1. The molecule has 5 nitrogen and oxygen atoms in total. The molecule has 0 aromatic carbocycles. The first-order valence-electron chi connectivity index (χ1n) is 9.92. The van der Waals surface area contributed by atoms with E-state index in [2.05, 4.69) is 18.8 Å². The third-order valence-corrected chi connectivity index (χ3v) is 11.5. The Morgan fingerprint density at radius 3 is 2.54 bits per heavy atom. The molecule has 0 aromatic rings. The van der Waals surface area contributed by atoms with Gasteiger partial charge in [0.1, 0.15) is 10.4 Å². The van der Waals surface area contributed by atoms with Crippen LogP contribution in [0.2, 0.25) is 0 Å². The number of sulfonamides is 1. The Labute approximate surface area is 182 Å². The van der Waals surface area contributed by atoms with E-state index in [9.17, 15) is 13.2 Å². The van der Waals surface area contributed by atoms with Crippen molar-refractivity contribution in [3.63, 3.8) is 0 Å². The number of thioether (sulfide) groups is 2. The number of carbonyl (C=O) groups is 1. The lowest BCUT2D eigenvalue weighted by Crippen LogP contribution is -2.47. The number of hydrogen-bond donors (Lipinski definition) is 0. The Morgan fingerprint density at radius 1 is 1.29 bits per heavy atom. The lowest BCUT2D eigenvalue weighted by atomic mass is 9.69. The molecule has 1 saturated heterocycles. The molecule has 1 heterocycles. The van der Waals surface area contributed by atoms with Crippen LogP contribution >= 0.6 is 35.1 Å². The summed E-state index contributed by atoms with van der Waals surface area (Å²) in [6.45, 7) is 4.40. The van der Waals surface area contributed by atoms with Crippen LogP contribution in [0, 0.1) is 16.7 Å². The summed E-state index contributed by atoms with van der Waals surface area (Å²) in [6, 6.07) is -0.846. The largest absolute Gasteiger partial charge is 0.271 e. The predicted octanol–water partition coefficient (Wildman–Crippen LogP) is 4.21. The Morgan fingerprint density at radius 2 is 1.96 bits per heavy atom. The normalized spacial score (nSPS) is 33.0. The minimum Gasteiger partial charge on any atom is -0.271 e. The van der Waals surface area contributed by atoms with Crippen LogP contribution in [0.4, 0.5) is 0 Å². The maximum Gasteiger partial charge on any atom is 0.261 e. The van der Waals surface area contributed by atoms with Crippen LogP contribution in [0.5, 0.6) is 0 Å². The Hall–Kier alpha value is 0.0800. The summed E-state index contributed by atoms with van der Waals surface area (Å²) < 4.78 is 28.4. The van der Waals surface area contributed by atoms with Gasteiger partial charge in [-0.1, -0.05) is 13.8 Å². The summed E-state index contributed by atoms with van der Waals surface area (Å²) in [5, 5.41) is 0. The fourth-order valence-corrected chi connectivity index (χ4v) is 9.61. The van der Waals surface area contributed by atoms with Crippen molar-refractivity contribution in [1.29, 1.82) is 0 Å². The zero-order valence-electron chi connectivity index (χ0n) is 17.1. The maximum atomic E-state index is 13.5. The zero-order valence-corrected chi connectivity index (χ0v) is 20.3. The van der Waals surface area contributed by atoms with Crippen LogP contribution in [0.1, 0.15) is 52.4 Å². The van der Waals surface area contributed by atoms with Gasteiger partial charge in [0.2, 0.25) is 10.0 Å². The number of amides is 1. The molecule has 2 saturated carbocycles. The van der Waals surface area contributed by atoms with Crippen molar-refractivity contribution in [3.05, 3.63) is 0 Å². The molecule has 0 unspecified atom stereocenters. The monoisotopic (exact) mass is 466 g/mol. The summed E-state index contributed by atoms with van der Waals surface area (Å²) in [5.41, 5.74) is -0.334. The van der Waals surface area contributed by atoms with E-state index >= 15 is 0 Å². The number of aliphatic imine (C=N–C) groups is 1. The van der Waals surface area contributed by atoms with E-state index in [0.717, 1.165) is 36.5 Å². The van der Waals surface area contributed by atoms with Crippen molar-refractivity contribution in [1.82, 2.24) is 4.31 Å². The van der Waals surface area contributed by atoms with Gasteiger partial charge in [-0.3, -0.25) is 9.79 Å². The molecule has 0 N–H and O–H groups in total. The Bertz CT molecular complexity index is 750. The number of nitrogens with zero attached hydrogens (tertiary/aromatic N) is 2. The molecule has 28 heavy (non-hydrogen) atoms. The van der Waals surface area contributed by atoms with Gasteiger partial charge >= 0.3 is 0 Å². The molecule has 9 heteroatoms. The van der Waals surface area contributed by atoms with E-state index < -0.39 is 16.1 Å². The molecule has 3 fully saturated rings. The highest BCUT2D eigenvalue weighted by molar-refractivity contribution is 8.38. The van der Waals surface area contributed by atoms with Crippen LogP contribution in [-0.4, -0.2) is 59.2 Å². The molecule has 0 radical (unpaired) electrons. The van der Waals surface area contributed by atoms with Crippen LogP contribution in [-0.2, 0) is 14.8 Å². The highest BCUT2D eigenvalue weighted by Crippen LogP contribution is 2.70. The summed E-state index contributed by atoms with van der Waals surface area (Å²) in [4.78, 5) is 18.2. The SMILES string of the molecule is CSC(=N[C@@H](CCCCCl)C(=O)N1[C@@H]2C[C@H]3CC[C@]2(CS1(=O)=O)C3(C)C)SC. The number of hydrogen-bond acceptors (Lipinski definition) is 6. The standard InChI is InChI=1S/C19H31ClN2O3S3/c1-18(2)13-8-9-19(18)12-28(24,25)22(15(19)11-13)16(23)14(7-5-6-10-20)21-17(26-3)27-4/h13-15H,5-12H2,1-4H3/t13-,14+,15-,19-/m1/s1. The minimum absolute atomic E-state index is 0.0408. The van der Waals surface area contributed by atoms with Crippen molar-refractivity contribution >= 4 is 55.4 Å². The molecule has 3 rings (SSSR count). The molecule has 0 aromatic heterocycles. The van der Waals surface area contributed by atoms with E-state index in [1.807, 2.05) is 12.5 Å². The van der Waals surface area contributed by atoms with Crippen molar-refractivity contribution in [2.45, 2.75) is 64.5 Å². The van der Waals surface area contributed by atoms with Gasteiger partial charge in [-0.2, -0.15) is 0 Å². The number of carbonyl (C=O) groups excluding carboxylic acids is 1. The number of alkyl halides is 1. The minimum atomic E-state index is -3.61. The van der Waals surface area contributed by atoms with Gasteiger partial charge in [-0.15, -0.1) is 35.1 Å². The highest BCUT2D eigenvalue weighted by atomic mass is 35.5. The second-order valence-electron chi connectivity index (χ2n) is 8.76. The number of halogens is 1. The second kappa shape index (κ2) is 8.31. The lowest BCUT2D eigenvalue weighted by Gasteiger charge is -2.37. The van der Waals surface area contributed by atoms with Gasteiger partial charge in [0.15, 0.2) is 0 Å². The quantitative estimate of drug-likeness (QED) is 0.254. The Balaban J connectivity index is 1.93. The van der Waals surface area contributed by atoms with Crippen molar-refractivity contribution in [3.8, 4) is 0 Å². The molecule has 3 aliphatic rings. The predicted molar refractivity (Wildman–Crippen MR) is 121 cm³/mol. The van der Waals surface area contributed by atoms with Gasteiger partial charge in [0, 0.05) is 11.3 Å². The number of rotatable bonds is 6. The van der Waals surface area contributed by atoms with Gasteiger partial charge in [-0.05, 0) is 62.4 Å². The molecule has 4 atom stereocenters. The van der Waals surface area contributed by atoms with E-state index in [0.29, 0.717) is 18.2 Å². The zero-order chi connectivity index (χ0) is 20.7. The van der Waals surface area contributed by atoms with Crippen molar-refractivity contribution in [2.75, 3.05) is 24.1 Å². The van der Waals surface area contributed by atoms with Crippen LogP contribution in [0.25, 0.3) is 0 Å². The van der Waals surface area contributed by atoms with Gasteiger partial charge in [0.05, 0.1) is 11.8 Å². The van der Waals surface area contributed by atoms with Crippen LogP contribution in [0.15, 0.2) is 4.99 Å². The topological polar surface area (TPSA) is 66.8 Å². The average molecular weight is 467 g/mol. The third-order valence-electron chi connectivity index (χ3n) is 7.39. The first-order chi connectivity index (χ1) is 13.1. The molecular formula is C19H31ClN2O3S3. The summed E-state index contributed by atoms with van der Waals surface area (Å²) in [6.07, 6.45) is 8.72. The van der Waals surface area contributed by atoms with Crippen molar-refractivity contribution < 1.29 is 13.2 Å². The van der Waals surface area contributed by atoms with Gasteiger partial charge < -0.3 is 0 Å². The fraction of sp³-hybridized carbons (Fsp3) is 0.895. The molecule has 2 aliphatic carbocycles. The second-order valence-corrected chi connectivity index (χ2v) is 12.8. The summed E-state index contributed by atoms with van der Waals surface area (Å²) in [5.74, 6) is 0.803. The molecule has 1 spiro atoms. The molecule has 160 valence electrons. The van der Waals surface area contributed by atoms with E-state index in [1.165, 1.54) is 27.8 Å². The smallest absolute Gasteiger partial charge is 0.261 e. The Kier molecular flexibility index (Phi) is 6.75. The summed E-state index contributed by atoms with van der Waals surface area (Å²) in [7, 11) is -3.61. The third kappa shape index (κ3) is 3.54. The summed E-state index contributed by atoms with van der Waals surface area (Å²) >= 11 is 8.80. The molecule has 1 aliphatic heterocycles. The van der Waals surface area contributed by atoms with E-state index in [1.54, 1.807) is 0 Å².